The van der Waals surface area contributed by atoms with Crippen molar-refractivity contribution in [2.45, 2.75) is 6.92 Å². The molecule has 0 aliphatic heterocycles. The Labute approximate surface area is 177 Å². The van der Waals surface area contributed by atoms with Crippen molar-refractivity contribution in [3.05, 3.63) is 58.7 Å². The van der Waals surface area contributed by atoms with Crippen molar-refractivity contribution in [1.82, 2.24) is 9.78 Å². The zero-order chi connectivity index (χ0) is 21.8. The van der Waals surface area contributed by atoms with Gasteiger partial charge in [-0.25, -0.2) is 14.3 Å². The quantitative estimate of drug-likeness (QED) is 0.592. The van der Waals surface area contributed by atoms with Crippen molar-refractivity contribution in [3.8, 4) is 28.4 Å². The first-order chi connectivity index (χ1) is 14.4. The van der Waals surface area contributed by atoms with Crippen LogP contribution in [0.5, 0.6) is 11.5 Å². The molecule has 3 rings (SSSR count). The largest absolute Gasteiger partial charge is 0.503 e. The number of hydrogen-bond donors (Lipinski definition) is 1. The molecule has 0 fully saturated rings. The lowest BCUT2D eigenvalue weighted by Crippen LogP contribution is -2.15. The molecule has 9 heteroatoms. The third-order valence-corrected chi connectivity index (χ3v) is 4.54. The second-order valence-electron chi connectivity index (χ2n) is 6.04. The van der Waals surface area contributed by atoms with Gasteiger partial charge in [-0.15, -0.1) is 0 Å². The minimum absolute atomic E-state index is 0.000597. The number of aromatic nitrogens is 2. The number of aromatic hydroxyl groups is 1. The third-order valence-electron chi connectivity index (χ3n) is 4.26. The lowest BCUT2D eigenvalue weighted by atomic mass is 10.0. The van der Waals surface area contributed by atoms with E-state index in [1.807, 2.05) is 0 Å². The van der Waals surface area contributed by atoms with E-state index in [0.29, 0.717) is 11.3 Å². The highest BCUT2D eigenvalue weighted by molar-refractivity contribution is 6.32. The number of hydrogen-bond acceptors (Lipinski definition) is 7. The first-order valence-electron chi connectivity index (χ1n) is 8.93. The number of carbonyl (C=O) groups excluding carboxylic acids is 2. The van der Waals surface area contributed by atoms with Gasteiger partial charge in [0.15, 0.2) is 17.2 Å². The molecule has 1 N–H and O–H groups in total. The van der Waals surface area contributed by atoms with E-state index >= 15 is 0 Å². The molecule has 0 saturated heterocycles. The van der Waals surface area contributed by atoms with Crippen LogP contribution < -0.4 is 4.74 Å². The number of rotatable bonds is 6. The Morgan fingerprint density at radius 2 is 1.77 bits per heavy atom. The van der Waals surface area contributed by atoms with E-state index in [1.54, 1.807) is 37.3 Å². The summed E-state index contributed by atoms with van der Waals surface area (Å²) in [4.78, 5) is 25.3. The maximum atomic E-state index is 12.7. The molecule has 0 unspecified atom stereocenters. The molecule has 0 aliphatic carbocycles. The van der Waals surface area contributed by atoms with Crippen LogP contribution in [0.2, 0.25) is 5.02 Å². The predicted molar refractivity (Wildman–Crippen MR) is 110 cm³/mol. The molecule has 2 aromatic carbocycles. The van der Waals surface area contributed by atoms with Gasteiger partial charge < -0.3 is 19.3 Å². The lowest BCUT2D eigenvalue weighted by molar-refractivity contribution is 0.0549. The number of phenolic OH excluding ortho intramolecular Hbond substituents is 1. The minimum atomic E-state index is -0.783. The second-order valence-corrected chi connectivity index (χ2v) is 6.45. The van der Waals surface area contributed by atoms with Gasteiger partial charge >= 0.3 is 11.9 Å². The summed E-state index contributed by atoms with van der Waals surface area (Å²) in [7, 11) is 2.40. The number of para-hydroxylation sites is 1. The van der Waals surface area contributed by atoms with Gasteiger partial charge in [-0.3, -0.25) is 0 Å². The van der Waals surface area contributed by atoms with Crippen LogP contribution in [0, 0.1) is 0 Å². The Kier molecular flexibility index (Phi) is 6.27. The van der Waals surface area contributed by atoms with Crippen LogP contribution in [-0.2, 0) is 9.47 Å². The number of esters is 2. The second kappa shape index (κ2) is 8.87. The summed E-state index contributed by atoms with van der Waals surface area (Å²) in [6.45, 7) is 2.03. The maximum Gasteiger partial charge on any atom is 0.357 e. The summed E-state index contributed by atoms with van der Waals surface area (Å²) in [5.74, 6) is -1.68. The van der Waals surface area contributed by atoms with Crippen LogP contribution in [0.25, 0.3) is 16.9 Å². The molecular formula is C21H19ClN2O6. The number of carbonyl (C=O) groups is 2. The van der Waals surface area contributed by atoms with Crippen molar-refractivity contribution in [2.24, 2.45) is 0 Å². The molecular weight excluding hydrogens is 412 g/mol. The molecule has 156 valence electrons. The number of methoxy groups -OCH3 is 2. The van der Waals surface area contributed by atoms with E-state index in [-0.39, 0.29) is 40.1 Å². The smallest absolute Gasteiger partial charge is 0.357 e. The van der Waals surface area contributed by atoms with Gasteiger partial charge in [0.1, 0.15) is 11.3 Å². The van der Waals surface area contributed by atoms with E-state index in [4.69, 9.17) is 25.8 Å². The first-order valence-corrected chi connectivity index (χ1v) is 9.31. The first kappa shape index (κ1) is 21.2. The predicted octanol–water partition coefficient (Wildman–Crippen LogP) is 3.87. The van der Waals surface area contributed by atoms with Crippen molar-refractivity contribution in [2.75, 3.05) is 20.8 Å². The molecule has 8 nitrogen and oxygen atoms in total. The van der Waals surface area contributed by atoms with Gasteiger partial charge in [0.2, 0.25) is 0 Å². The van der Waals surface area contributed by atoms with E-state index in [9.17, 15) is 14.7 Å². The molecule has 0 atom stereocenters. The Balaban J connectivity index is 2.36. The van der Waals surface area contributed by atoms with Crippen molar-refractivity contribution in [1.29, 1.82) is 0 Å². The topological polar surface area (TPSA) is 99.9 Å². The van der Waals surface area contributed by atoms with Crippen molar-refractivity contribution in [3.63, 3.8) is 0 Å². The van der Waals surface area contributed by atoms with E-state index < -0.39 is 11.9 Å². The Bertz CT molecular complexity index is 1090. The summed E-state index contributed by atoms with van der Waals surface area (Å²) in [5, 5.41) is 14.6. The zero-order valence-corrected chi connectivity index (χ0v) is 17.3. The highest BCUT2D eigenvalue weighted by Gasteiger charge is 2.32. The lowest BCUT2D eigenvalue weighted by Gasteiger charge is -2.10. The van der Waals surface area contributed by atoms with Gasteiger partial charge in [-0.2, -0.15) is 5.10 Å². The van der Waals surface area contributed by atoms with Crippen LogP contribution in [0.1, 0.15) is 27.8 Å². The van der Waals surface area contributed by atoms with Gasteiger partial charge in [-0.1, -0.05) is 29.8 Å². The van der Waals surface area contributed by atoms with Crippen LogP contribution >= 0.6 is 11.6 Å². The molecule has 0 saturated carbocycles. The molecule has 0 bridgehead atoms. The zero-order valence-electron chi connectivity index (χ0n) is 16.5. The third kappa shape index (κ3) is 3.81. The Morgan fingerprint density at radius 1 is 1.10 bits per heavy atom. The van der Waals surface area contributed by atoms with E-state index in [1.165, 1.54) is 31.0 Å². The fourth-order valence-corrected chi connectivity index (χ4v) is 3.14. The standard InChI is InChI=1S/C21H19ClN2O6/c1-4-30-15-11-12(10-14(22)19(15)25)17-16(20(26)28-2)18(21(27)29-3)24(23-17)13-8-6-5-7-9-13/h5-11,25H,4H2,1-3H3. The number of nitrogens with zero attached hydrogens (tertiary/aromatic N) is 2. The summed E-state index contributed by atoms with van der Waals surface area (Å²) in [5.41, 5.74) is 0.796. The molecule has 0 aliphatic rings. The molecule has 1 aromatic heterocycles. The van der Waals surface area contributed by atoms with Crippen LogP contribution in [-0.4, -0.2) is 47.7 Å². The number of halogens is 1. The minimum Gasteiger partial charge on any atom is -0.503 e. The van der Waals surface area contributed by atoms with Crippen molar-refractivity contribution >= 4 is 23.5 Å². The Hall–Kier alpha value is -3.52. The fourth-order valence-electron chi connectivity index (χ4n) is 2.93. The summed E-state index contributed by atoms with van der Waals surface area (Å²) < 4.78 is 16.5. The Morgan fingerprint density at radius 3 is 2.37 bits per heavy atom. The van der Waals surface area contributed by atoms with Crippen LogP contribution in [0.4, 0.5) is 0 Å². The van der Waals surface area contributed by atoms with Gasteiger partial charge in [0.25, 0.3) is 0 Å². The molecule has 3 aromatic rings. The fraction of sp³-hybridized carbons (Fsp3) is 0.190. The summed E-state index contributed by atoms with van der Waals surface area (Å²) in [6.07, 6.45) is 0. The van der Waals surface area contributed by atoms with Gasteiger partial charge in [0.05, 0.1) is 31.5 Å². The summed E-state index contributed by atoms with van der Waals surface area (Å²) in [6, 6.07) is 11.7. The van der Waals surface area contributed by atoms with Crippen LogP contribution in [0.3, 0.4) is 0 Å². The summed E-state index contributed by atoms with van der Waals surface area (Å²) >= 11 is 6.15. The normalized spacial score (nSPS) is 10.5. The molecule has 0 amide bonds. The number of benzene rings is 2. The average molecular weight is 431 g/mol. The highest BCUT2D eigenvalue weighted by Crippen LogP contribution is 2.40. The SMILES string of the molecule is CCOc1cc(-c2nn(-c3ccccc3)c(C(=O)OC)c2C(=O)OC)cc(Cl)c1O. The molecule has 1 heterocycles. The number of phenols is 1. The number of ether oxygens (including phenoxy) is 3. The molecule has 30 heavy (non-hydrogen) atoms. The highest BCUT2D eigenvalue weighted by atomic mass is 35.5. The van der Waals surface area contributed by atoms with Crippen LogP contribution in [0.15, 0.2) is 42.5 Å². The van der Waals surface area contributed by atoms with E-state index in [0.717, 1.165) is 0 Å². The monoisotopic (exact) mass is 430 g/mol. The molecule has 0 radical (unpaired) electrons. The average Bonchev–Trinajstić information content (AvgIpc) is 3.17. The molecule has 0 spiro atoms. The van der Waals surface area contributed by atoms with Gasteiger partial charge in [-0.05, 0) is 31.2 Å². The van der Waals surface area contributed by atoms with Crippen molar-refractivity contribution < 1.29 is 28.9 Å². The van der Waals surface area contributed by atoms with E-state index in [2.05, 4.69) is 5.10 Å². The van der Waals surface area contributed by atoms with Gasteiger partial charge in [0, 0.05) is 5.56 Å². The maximum absolute atomic E-state index is 12.7.